The van der Waals surface area contributed by atoms with Crippen molar-refractivity contribution in [2.45, 2.75) is 24.5 Å². The topological polar surface area (TPSA) is 37.3 Å². The maximum atomic E-state index is 10.0. The molecule has 1 fully saturated rings. The molecular formula is C6H10O2S. The molecule has 1 heterocycles. The van der Waals surface area contributed by atoms with Crippen LogP contribution in [0.5, 0.6) is 0 Å². The van der Waals surface area contributed by atoms with Crippen molar-refractivity contribution in [2.75, 3.05) is 5.75 Å². The molecule has 9 heavy (non-hydrogen) atoms. The molecular weight excluding hydrogens is 136 g/mol. The monoisotopic (exact) mass is 146 g/mol. The molecule has 1 aliphatic heterocycles. The molecule has 0 radical (unpaired) electrons. The van der Waals surface area contributed by atoms with Crippen LogP contribution in [0.1, 0.15) is 19.3 Å². The first-order valence-corrected chi connectivity index (χ1v) is 4.17. The minimum atomic E-state index is -0.664. The average Bonchev–Trinajstić information content (AvgIpc) is 1.60. The number of hydrogen-bond donors (Lipinski definition) is 1. The predicted octanol–water partition coefficient (Wildman–Crippen LogP) is 1.36. The standard InChI is InChI=1S/C6H10O2S/c7-6(8)2-1-5-3-4-9-5/h5H,1-4H2,(H,7,8). The number of rotatable bonds is 3. The van der Waals surface area contributed by atoms with Gasteiger partial charge in [-0.15, -0.1) is 0 Å². The van der Waals surface area contributed by atoms with Crippen LogP contribution in [0, 0.1) is 0 Å². The van der Waals surface area contributed by atoms with Crippen molar-refractivity contribution in [3.63, 3.8) is 0 Å². The SMILES string of the molecule is O=C(O)CCC1CCS1. The maximum Gasteiger partial charge on any atom is 0.303 e. The predicted molar refractivity (Wildman–Crippen MR) is 37.7 cm³/mol. The van der Waals surface area contributed by atoms with Crippen molar-refractivity contribution in [3.8, 4) is 0 Å². The van der Waals surface area contributed by atoms with E-state index in [0.717, 1.165) is 6.42 Å². The van der Waals surface area contributed by atoms with E-state index in [1.54, 1.807) is 0 Å². The smallest absolute Gasteiger partial charge is 0.303 e. The van der Waals surface area contributed by atoms with Gasteiger partial charge < -0.3 is 5.11 Å². The van der Waals surface area contributed by atoms with Gasteiger partial charge in [-0.1, -0.05) is 0 Å². The van der Waals surface area contributed by atoms with Gasteiger partial charge in [-0.2, -0.15) is 11.8 Å². The summed E-state index contributed by atoms with van der Waals surface area (Å²) in [7, 11) is 0. The maximum absolute atomic E-state index is 10.0. The number of aliphatic carboxylic acids is 1. The van der Waals surface area contributed by atoms with Crippen LogP contribution in [0.25, 0.3) is 0 Å². The van der Waals surface area contributed by atoms with Crippen molar-refractivity contribution in [1.29, 1.82) is 0 Å². The lowest BCUT2D eigenvalue weighted by Gasteiger charge is -2.23. The minimum absolute atomic E-state index is 0.345. The first-order chi connectivity index (χ1) is 4.29. The molecule has 0 aromatic heterocycles. The fourth-order valence-corrected chi connectivity index (χ4v) is 1.65. The van der Waals surface area contributed by atoms with Crippen LogP contribution < -0.4 is 0 Å². The molecule has 1 unspecified atom stereocenters. The van der Waals surface area contributed by atoms with Crippen LogP contribution in [-0.4, -0.2) is 22.1 Å². The molecule has 1 N–H and O–H groups in total. The average molecular weight is 146 g/mol. The second-order valence-electron chi connectivity index (χ2n) is 2.21. The molecule has 1 atom stereocenters. The Morgan fingerprint density at radius 2 is 2.44 bits per heavy atom. The van der Waals surface area contributed by atoms with Crippen molar-refractivity contribution in [1.82, 2.24) is 0 Å². The van der Waals surface area contributed by atoms with Crippen LogP contribution in [0.2, 0.25) is 0 Å². The van der Waals surface area contributed by atoms with E-state index in [4.69, 9.17) is 5.11 Å². The third-order valence-corrected chi connectivity index (χ3v) is 2.89. The van der Waals surface area contributed by atoms with Crippen LogP contribution >= 0.6 is 11.8 Å². The largest absolute Gasteiger partial charge is 0.481 e. The molecule has 0 aromatic carbocycles. The summed E-state index contributed by atoms with van der Waals surface area (Å²) < 4.78 is 0. The highest BCUT2D eigenvalue weighted by atomic mass is 32.2. The Balaban J connectivity index is 1.97. The van der Waals surface area contributed by atoms with Gasteiger partial charge in [0.1, 0.15) is 0 Å². The molecule has 1 saturated heterocycles. The highest BCUT2D eigenvalue weighted by molar-refractivity contribution is 8.01. The summed E-state index contributed by atoms with van der Waals surface area (Å²) in [6, 6.07) is 0. The summed E-state index contributed by atoms with van der Waals surface area (Å²) in [5.74, 6) is 0.562. The highest BCUT2D eigenvalue weighted by Gasteiger charge is 2.18. The van der Waals surface area contributed by atoms with E-state index in [-0.39, 0.29) is 0 Å². The second kappa shape index (κ2) is 3.11. The van der Waals surface area contributed by atoms with E-state index >= 15 is 0 Å². The van der Waals surface area contributed by atoms with E-state index in [9.17, 15) is 4.79 Å². The van der Waals surface area contributed by atoms with Gasteiger partial charge in [0.2, 0.25) is 0 Å². The molecule has 0 spiro atoms. The summed E-state index contributed by atoms with van der Waals surface area (Å²) in [6.07, 6.45) is 2.43. The van der Waals surface area contributed by atoms with Crippen molar-refractivity contribution in [2.24, 2.45) is 0 Å². The number of carboxylic acid groups (broad SMARTS) is 1. The second-order valence-corrected chi connectivity index (χ2v) is 3.62. The fourth-order valence-electron chi connectivity index (χ4n) is 0.797. The Bertz CT molecular complexity index is 110. The van der Waals surface area contributed by atoms with Gasteiger partial charge in [0.15, 0.2) is 0 Å². The van der Waals surface area contributed by atoms with Gasteiger partial charge in [-0.25, -0.2) is 0 Å². The van der Waals surface area contributed by atoms with Gasteiger partial charge in [-0.05, 0) is 18.6 Å². The fraction of sp³-hybridized carbons (Fsp3) is 0.833. The molecule has 0 amide bonds. The van der Waals surface area contributed by atoms with Crippen molar-refractivity contribution >= 4 is 17.7 Å². The summed E-state index contributed by atoms with van der Waals surface area (Å²) >= 11 is 1.88. The van der Waals surface area contributed by atoms with Crippen LogP contribution in [0.15, 0.2) is 0 Å². The highest BCUT2D eigenvalue weighted by Crippen LogP contribution is 2.30. The van der Waals surface area contributed by atoms with E-state index in [1.807, 2.05) is 11.8 Å². The minimum Gasteiger partial charge on any atom is -0.481 e. The van der Waals surface area contributed by atoms with Crippen molar-refractivity contribution < 1.29 is 9.90 Å². The van der Waals surface area contributed by atoms with Crippen LogP contribution in [-0.2, 0) is 4.79 Å². The Kier molecular flexibility index (Phi) is 2.39. The Morgan fingerprint density at radius 3 is 2.78 bits per heavy atom. The summed E-state index contributed by atoms with van der Waals surface area (Å²) in [4.78, 5) is 10.0. The van der Waals surface area contributed by atoms with E-state index in [1.165, 1.54) is 12.2 Å². The lowest BCUT2D eigenvalue weighted by Crippen LogP contribution is -2.16. The van der Waals surface area contributed by atoms with Gasteiger partial charge in [0.25, 0.3) is 0 Å². The van der Waals surface area contributed by atoms with Crippen LogP contribution in [0.4, 0.5) is 0 Å². The Labute approximate surface area is 58.6 Å². The summed E-state index contributed by atoms with van der Waals surface area (Å²) in [5.41, 5.74) is 0. The Morgan fingerprint density at radius 1 is 1.78 bits per heavy atom. The Hall–Kier alpha value is -0.180. The third-order valence-electron chi connectivity index (χ3n) is 1.47. The number of carboxylic acids is 1. The van der Waals surface area contributed by atoms with E-state index in [2.05, 4.69) is 0 Å². The lowest BCUT2D eigenvalue weighted by atomic mass is 10.2. The molecule has 0 bridgehead atoms. The van der Waals surface area contributed by atoms with E-state index < -0.39 is 5.97 Å². The summed E-state index contributed by atoms with van der Waals surface area (Å²) in [6.45, 7) is 0. The zero-order valence-corrected chi connectivity index (χ0v) is 5.99. The molecule has 0 saturated carbocycles. The molecule has 1 rings (SSSR count). The number of hydrogen-bond acceptors (Lipinski definition) is 2. The summed E-state index contributed by atoms with van der Waals surface area (Å²) in [5, 5.41) is 8.93. The molecule has 0 aromatic rings. The zero-order valence-electron chi connectivity index (χ0n) is 5.17. The van der Waals surface area contributed by atoms with Gasteiger partial charge >= 0.3 is 5.97 Å². The number of carbonyl (C=O) groups is 1. The molecule has 0 aliphatic carbocycles. The van der Waals surface area contributed by atoms with E-state index in [0.29, 0.717) is 11.7 Å². The quantitative estimate of drug-likeness (QED) is 0.653. The van der Waals surface area contributed by atoms with Gasteiger partial charge in [0, 0.05) is 11.7 Å². The van der Waals surface area contributed by atoms with Crippen LogP contribution in [0.3, 0.4) is 0 Å². The zero-order chi connectivity index (χ0) is 6.69. The normalized spacial score (nSPS) is 25.1. The van der Waals surface area contributed by atoms with Gasteiger partial charge in [0.05, 0.1) is 0 Å². The first kappa shape index (κ1) is 6.93. The molecule has 3 heteroatoms. The molecule has 1 aliphatic rings. The molecule has 52 valence electrons. The first-order valence-electron chi connectivity index (χ1n) is 3.12. The third kappa shape index (κ3) is 2.26. The van der Waals surface area contributed by atoms with Crippen molar-refractivity contribution in [3.05, 3.63) is 0 Å². The number of thioether (sulfide) groups is 1. The lowest BCUT2D eigenvalue weighted by molar-refractivity contribution is -0.137. The molecule has 2 nitrogen and oxygen atoms in total. The van der Waals surface area contributed by atoms with Gasteiger partial charge in [-0.3, -0.25) is 4.79 Å².